The summed E-state index contributed by atoms with van der Waals surface area (Å²) in [6.07, 6.45) is 4.60. The van der Waals surface area contributed by atoms with Gasteiger partial charge in [0.2, 0.25) is 11.9 Å². The molecule has 3 rings (SSSR count). The van der Waals surface area contributed by atoms with Crippen molar-refractivity contribution in [3.05, 3.63) is 24.3 Å². The van der Waals surface area contributed by atoms with Crippen LogP contribution in [0.5, 0.6) is 11.5 Å². The van der Waals surface area contributed by atoms with Gasteiger partial charge in [-0.05, 0) is 49.9 Å². The predicted octanol–water partition coefficient (Wildman–Crippen LogP) is 2.03. The second-order valence-electron chi connectivity index (χ2n) is 6.13. The Morgan fingerprint density at radius 3 is 2.38 bits per heavy atom. The highest BCUT2D eigenvalue weighted by Gasteiger charge is 2.44. The number of nitrogens with two attached hydrogens (primary N) is 2. The minimum atomic E-state index is -0.493. The van der Waals surface area contributed by atoms with Crippen molar-refractivity contribution in [3.8, 4) is 11.5 Å². The highest BCUT2D eigenvalue weighted by Crippen LogP contribution is 2.38. The van der Waals surface area contributed by atoms with Gasteiger partial charge in [0, 0.05) is 6.42 Å². The molecule has 0 bridgehead atoms. The second-order valence-corrected chi connectivity index (χ2v) is 6.13. The molecule has 0 aromatic heterocycles. The Bertz CT molecular complexity index is 644. The first-order chi connectivity index (χ1) is 12.1. The average molecular weight is 384 g/mol. The lowest BCUT2D eigenvalue weighted by Gasteiger charge is -2.39. The lowest BCUT2D eigenvalue weighted by atomic mass is 10.1. The van der Waals surface area contributed by atoms with Crippen molar-refractivity contribution in [1.82, 2.24) is 5.06 Å². The number of guanidine groups is 2. The molecule has 1 fully saturated rings. The van der Waals surface area contributed by atoms with Crippen LogP contribution in [0.3, 0.4) is 0 Å². The van der Waals surface area contributed by atoms with Crippen LogP contribution in [0, 0.1) is 0 Å². The fourth-order valence-electron chi connectivity index (χ4n) is 3.18. The predicted molar refractivity (Wildman–Crippen MR) is 103 cm³/mol. The van der Waals surface area contributed by atoms with Gasteiger partial charge >= 0.3 is 0 Å². The molecular weight excluding hydrogens is 358 g/mol. The zero-order valence-corrected chi connectivity index (χ0v) is 15.7. The van der Waals surface area contributed by atoms with Crippen LogP contribution in [0.1, 0.15) is 32.1 Å². The minimum absolute atomic E-state index is 0. The van der Waals surface area contributed by atoms with Crippen LogP contribution in [-0.4, -0.2) is 43.0 Å². The first-order valence-electron chi connectivity index (χ1n) is 8.52. The monoisotopic (exact) mass is 383 g/mol. The summed E-state index contributed by atoms with van der Waals surface area (Å²) >= 11 is 0. The lowest BCUT2D eigenvalue weighted by Crippen LogP contribution is -2.55. The lowest BCUT2D eigenvalue weighted by molar-refractivity contribution is -0.167. The number of methoxy groups -OCH3 is 1. The number of hydrogen-bond donors (Lipinski definition) is 2. The third-order valence-corrected chi connectivity index (χ3v) is 4.38. The Morgan fingerprint density at radius 1 is 1.08 bits per heavy atom. The second kappa shape index (κ2) is 8.95. The zero-order chi connectivity index (χ0) is 17.7. The number of rotatable bonds is 7. The van der Waals surface area contributed by atoms with E-state index in [1.807, 2.05) is 24.3 Å². The quantitative estimate of drug-likeness (QED) is 0.697. The Hall–Kier alpha value is -2.19. The van der Waals surface area contributed by atoms with Crippen molar-refractivity contribution in [2.45, 2.75) is 37.8 Å². The van der Waals surface area contributed by atoms with Crippen LogP contribution in [0.4, 0.5) is 0 Å². The Morgan fingerprint density at radius 2 is 1.73 bits per heavy atom. The van der Waals surface area contributed by atoms with E-state index in [0.717, 1.165) is 37.2 Å². The molecule has 1 heterocycles. The molecule has 26 heavy (non-hydrogen) atoms. The fourth-order valence-corrected chi connectivity index (χ4v) is 3.18. The molecule has 0 unspecified atom stereocenters. The summed E-state index contributed by atoms with van der Waals surface area (Å²) in [5.74, 6) is 2.09. The minimum Gasteiger partial charge on any atom is -0.497 e. The number of benzene rings is 1. The van der Waals surface area contributed by atoms with Gasteiger partial charge in [0.15, 0.2) is 5.66 Å². The number of hydrogen-bond acceptors (Lipinski definition) is 8. The van der Waals surface area contributed by atoms with Gasteiger partial charge in [-0.3, -0.25) is 4.84 Å². The highest BCUT2D eigenvalue weighted by molar-refractivity contribution is 5.95. The molecule has 1 aliphatic carbocycles. The highest BCUT2D eigenvalue weighted by atomic mass is 35.5. The summed E-state index contributed by atoms with van der Waals surface area (Å²) < 4.78 is 10.8. The number of hydroxylamine groups is 2. The van der Waals surface area contributed by atoms with Crippen molar-refractivity contribution >= 4 is 24.3 Å². The topological polar surface area (TPSA) is 108 Å². The van der Waals surface area contributed by atoms with E-state index in [-0.39, 0.29) is 24.3 Å². The fraction of sp³-hybridized carbons (Fsp3) is 0.529. The Kier molecular flexibility index (Phi) is 6.93. The van der Waals surface area contributed by atoms with E-state index in [1.54, 1.807) is 12.2 Å². The van der Waals surface area contributed by atoms with Crippen molar-refractivity contribution in [1.29, 1.82) is 0 Å². The molecule has 1 saturated carbocycles. The van der Waals surface area contributed by atoms with Crippen molar-refractivity contribution in [2.75, 3.05) is 20.3 Å². The van der Waals surface area contributed by atoms with E-state index >= 15 is 0 Å². The maximum absolute atomic E-state index is 6.00. The zero-order valence-electron chi connectivity index (χ0n) is 14.9. The summed E-state index contributed by atoms with van der Waals surface area (Å²) in [5, 5.41) is 1.63. The SMILES string of the molecule is COc1ccc(OCCCON2C(N)=NC(N)=NC23CCCC3)cc1.Cl. The van der Waals surface area contributed by atoms with E-state index in [2.05, 4.69) is 9.98 Å². The van der Waals surface area contributed by atoms with E-state index in [4.69, 9.17) is 25.8 Å². The largest absolute Gasteiger partial charge is 0.497 e. The molecule has 8 nitrogen and oxygen atoms in total. The van der Waals surface area contributed by atoms with E-state index in [9.17, 15) is 0 Å². The molecule has 1 spiro atoms. The summed E-state index contributed by atoms with van der Waals surface area (Å²) in [7, 11) is 1.64. The molecule has 144 valence electrons. The van der Waals surface area contributed by atoms with Gasteiger partial charge in [0.25, 0.3) is 0 Å². The number of nitrogens with zero attached hydrogens (tertiary/aromatic N) is 3. The van der Waals surface area contributed by atoms with Crippen LogP contribution in [0.2, 0.25) is 0 Å². The summed E-state index contributed by atoms with van der Waals surface area (Å²) in [5.41, 5.74) is 11.3. The molecule has 9 heteroatoms. The molecule has 0 amide bonds. The Balaban J connectivity index is 0.00000243. The maximum atomic E-state index is 6.00. The van der Waals surface area contributed by atoms with Crippen LogP contribution >= 0.6 is 12.4 Å². The van der Waals surface area contributed by atoms with Crippen LogP contribution in [0.15, 0.2) is 34.3 Å². The van der Waals surface area contributed by atoms with Crippen LogP contribution in [0.25, 0.3) is 0 Å². The molecule has 4 N–H and O–H groups in total. The van der Waals surface area contributed by atoms with Crippen LogP contribution < -0.4 is 20.9 Å². The first-order valence-corrected chi connectivity index (χ1v) is 8.52. The summed E-state index contributed by atoms with van der Waals surface area (Å²) in [6, 6.07) is 7.48. The van der Waals surface area contributed by atoms with Gasteiger partial charge in [-0.15, -0.1) is 12.4 Å². The smallest absolute Gasteiger partial charge is 0.226 e. The molecule has 1 aromatic rings. The van der Waals surface area contributed by atoms with Crippen molar-refractivity contribution in [2.24, 2.45) is 21.5 Å². The molecule has 0 radical (unpaired) electrons. The van der Waals surface area contributed by atoms with Gasteiger partial charge in [-0.25, -0.2) is 4.99 Å². The van der Waals surface area contributed by atoms with Crippen LogP contribution in [-0.2, 0) is 4.84 Å². The van der Waals surface area contributed by atoms with E-state index in [0.29, 0.717) is 19.6 Å². The van der Waals surface area contributed by atoms with E-state index in [1.165, 1.54) is 0 Å². The standard InChI is InChI=1S/C17H25N5O3.ClH/c1-23-13-5-7-14(8-6-13)24-11-4-12-25-22-16(19)20-15(18)21-17(22)9-2-3-10-17;/h5-8H,2-4,9-12H2,1H3,(H4,18,19,20,21);1H. The third kappa shape index (κ3) is 4.50. The molecule has 1 aliphatic heterocycles. The Labute approximate surface area is 159 Å². The van der Waals surface area contributed by atoms with Gasteiger partial charge in [-0.2, -0.15) is 10.1 Å². The maximum Gasteiger partial charge on any atom is 0.226 e. The van der Waals surface area contributed by atoms with Crippen molar-refractivity contribution < 1.29 is 14.3 Å². The van der Waals surface area contributed by atoms with Gasteiger partial charge in [0.1, 0.15) is 11.5 Å². The summed E-state index contributed by atoms with van der Waals surface area (Å²) in [6.45, 7) is 0.999. The first kappa shape index (κ1) is 20.1. The number of aliphatic imine (C=N–C) groups is 2. The number of ether oxygens (including phenoxy) is 2. The van der Waals surface area contributed by atoms with E-state index < -0.39 is 5.66 Å². The average Bonchev–Trinajstić information content (AvgIpc) is 3.05. The van der Waals surface area contributed by atoms with Crippen molar-refractivity contribution in [3.63, 3.8) is 0 Å². The normalized spacial score (nSPS) is 18.1. The number of halogens is 1. The molecule has 2 aliphatic rings. The molecular formula is C17H26ClN5O3. The molecule has 0 saturated heterocycles. The van der Waals surface area contributed by atoms with Gasteiger partial charge in [-0.1, -0.05) is 0 Å². The molecule has 0 atom stereocenters. The van der Waals surface area contributed by atoms with Gasteiger partial charge in [0.05, 0.1) is 20.3 Å². The summed E-state index contributed by atoms with van der Waals surface area (Å²) in [4.78, 5) is 14.4. The third-order valence-electron chi connectivity index (χ3n) is 4.38. The van der Waals surface area contributed by atoms with Gasteiger partial charge < -0.3 is 20.9 Å². The molecule has 1 aromatic carbocycles.